The Labute approximate surface area is 251 Å². The monoisotopic (exact) mass is 577 g/mol. The quantitative estimate of drug-likeness (QED) is 0.242. The minimum atomic E-state index is -0.570. The molecule has 0 aromatic heterocycles. The molecule has 1 heterocycles. The van der Waals surface area contributed by atoms with E-state index >= 15 is 0 Å². The Morgan fingerprint density at radius 3 is 2.20 bits per heavy atom. The van der Waals surface area contributed by atoms with Gasteiger partial charge in [-0.1, -0.05) is 74.7 Å². The van der Waals surface area contributed by atoms with Gasteiger partial charge in [0, 0.05) is 31.2 Å². The van der Waals surface area contributed by atoms with Gasteiger partial charge in [0.25, 0.3) is 5.91 Å². The number of piperidine rings is 1. The minimum Gasteiger partial charge on any atom is -0.456 e. The predicted octanol–water partition coefficient (Wildman–Crippen LogP) is 6.68. The summed E-state index contributed by atoms with van der Waals surface area (Å²) in [6.07, 6.45) is 10.4. The average molecular weight is 578 g/mol. The fraction of sp³-hybridized carbons (Fsp3) is 0.559. The lowest BCUT2D eigenvalue weighted by atomic mass is 9.85. The van der Waals surface area contributed by atoms with E-state index in [-0.39, 0.29) is 11.9 Å². The maximum Gasteiger partial charge on any atom is 0.338 e. The second-order valence-electron chi connectivity index (χ2n) is 12.7. The molecule has 1 saturated heterocycles. The van der Waals surface area contributed by atoms with Gasteiger partial charge >= 0.3 is 5.97 Å². The predicted molar refractivity (Wildman–Crippen MR) is 169 cm³/mol. The van der Waals surface area contributed by atoms with E-state index < -0.39 is 11.6 Å². The minimum absolute atomic E-state index is 0.170. The molecule has 1 aliphatic heterocycles. The molecule has 0 radical (unpaired) electrons. The molecule has 2 aromatic rings. The number of nitrogens with zero attached hydrogens (tertiary/aromatic N) is 1. The van der Waals surface area contributed by atoms with E-state index in [2.05, 4.69) is 45.9 Å². The van der Waals surface area contributed by atoms with Gasteiger partial charge in [-0.2, -0.15) is 0 Å². The molecule has 0 spiro atoms. The van der Waals surface area contributed by atoms with Crippen LogP contribution in [-0.4, -0.2) is 52.5 Å². The summed E-state index contributed by atoms with van der Waals surface area (Å²) >= 11 is 5.93. The summed E-state index contributed by atoms with van der Waals surface area (Å²) in [5.74, 6) is 0.145. The molecule has 222 valence electrons. The van der Waals surface area contributed by atoms with E-state index in [4.69, 9.17) is 17.0 Å². The second-order valence-corrected chi connectivity index (χ2v) is 13.2. The van der Waals surface area contributed by atoms with Crippen LogP contribution in [0.2, 0.25) is 0 Å². The molecule has 7 heteroatoms. The lowest BCUT2D eigenvalue weighted by Crippen LogP contribution is -2.51. The first-order chi connectivity index (χ1) is 19.7. The summed E-state index contributed by atoms with van der Waals surface area (Å²) in [6, 6.07) is 17.4. The highest BCUT2D eigenvalue weighted by Gasteiger charge is 2.26. The molecule has 2 fully saturated rings. The zero-order valence-corrected chi connectivity index (χ0v) is 25.8. The molecule has 2 aliphatic rings. The van der Waals surface area contributed by atoms with Crippen LogP contribution in [0.4, 0.5) is 0 Å². The van der Waals surface area contributed by atoms with E-state index in [1.54, 1.807) is 24.3 Å². The van der Waals surface area contributed by atoms with E-state index in [9.17, 15) is 9.59 Å². The standard InChI is InChI=1S/C34H47N3O3S/c1-34(2,3)40-33(39)28-17-15-27(16-18-28)31(38)36-30(19-14-25-10-6-4-7-11-25)32(41)35-29-20-22-37(23-21-29)24-26-12-8-5-9-13-26/h5,8-9,12-13,15-18,25,29-30H,4,6-7,10-11,14,19-24H2,1-3H3,(H,35,41)(H,36,38)/t30-/m1/s1. The van der Waals surface area contributed by atoms with Crippen molar-refractivity contribution >= 4 is 29.1 Å². The molecule has 1 saturated carbocycles. The number of thiocarbonyl (C=S) groups is 1. The third kappa shape index (κ3) is 10.2. The van der Waals surface area contributed by atoms with Gasteiger partial charge in [0.2, 0.25) is 0 Å². The van der Waals surface area contributed by atoms with Crippen LogP contribution in [-0.2, 0) is 11.3 Å². The third-order valence-electron chi connectivity index (χ3n) is 8.17. The number of carbonyl (C=O) groups excluding carboxylic acids is 2. The summed E-state index contributed by atoms with van der Waals surface area (Å²) in [4.78, 5) is 28.9. The van der Waals surface area contributed by atoms with Crippen LogP contribution in [0.15, 0.2) is 54.6 Å². The molecule has 2 aromatic carbocycles. The molecule has 0 unspecified atom stereocenters. The van der Waals surface area contributed by atoms with Crippen molar-refractivity contribution < 1.29 is 14.3 Å². The molecule has 1 aliphatic carbocycles. The Morgan fingerprint density at radius 2 is 1.56 bits per heavy atom. The van der Waals surface area contributed by atoms with Gasteiger partial charge < -0.3 is 15.4 Å². The number of ether oxygens (including phenoxy) is 1. The lowest BCUT2D eigenvalue weighted by molar-refractivity contribution is 0.00693. The molecule has 0 bridgehead atoms. The first-order valence-corrected chi connectivity index (χ1v) is 15.8. The molecule has 4 rings (SSSR count). The summed E-state index contributed by atoms with van der Waals surface area (Å²) in [7, 11) is 0. The number of hydrogen-bond acceptors (Lipinski definition) is 5. The van der Waals surface area contributed by atoms with Crippen LogP contribution in [0.25, 0.3) is 0 Å². The zero-order chi connectivity index (χ0) is 29.2. The van der Waals surface area contributed by atoms with Gasteiger partial charge in [0.1, 0.15) is 5.60 Å². The zero-order valence-electron chi connectivity index (χ0n) is 25.0. The Hall–Kier alpha value is -2.77. The van der Waals surface area contributed by atoms with Crippen molar-refractivity contribution in [3.05, 3.63) is 71.3 Å². The van der Waals surface area contributed by atoms with Gasteiger partial charge in [-0.25, -0.2) is 4.79 Å². The second kappa shape index (κ2) is 14.9. The highest BCUT2D eigenvalue weighted by Crippen LogP contribution is 2.28. The highest BCUT2D eigenvalue weighted by atomic mass is 32.1. The summed E-state index contributed by atoms with van der Waals surface area (Å²) in [5, 5.41) is 6.84. The van der Waals surface area contributed by atoms with Gasteiger partial charge in [-0.3, -0.25) is 9.69 Å². The Balaban J connectivity index is 1.34. The van der Waals surface area contributed by atoms with Crippen LogP contribution in [0.5, 0.6) is 0 Å². The molecule has 1 atom stereocenters. The highest BCUT2D eigenvalue weighted by molar-refractivity contribution is 7.80. The van der Waals surface area contributed by atoms with Crippen molar-refractivity contribution in [1.82, 2.24) is 15.5 Å². The first-order valence-electron chi connectivity index (χ1n) is 15.4. The van der Waals surface area contributed by atoms with Crippen LogP contribution in [0.1, 0.15) is 105 Å². The van der Waals surface area contributed by atoms with Crippen molar-refractivity contribution in [2.75, 3.05) is 13.1 Å². The molecular weight excluding hydrogens is 530 g/mol. The van der Waals surface area contributed by atoms with Crippen molar-refractivity contribution in [2.45, 2.75) is 103 Å². The summed E-state index contributed by atoms with van der Waals surface area (Å²) in [6.45, 7) is 8.54. The maximum absolute atomic E-state index is 13.3. The molecule has 41 heavy (non-hydrogen) atoms. The molecular formula is C34H47N3O3S. The van der Waals surface area contributed by atoms with Crippen LogP contribution in [0, 0.1) is 5.92 Å². The van der Waals surface area contributed by atoms with Crippen LogP contribution >= 0.6 is 12.2 Å². The van der Waals surface area contributed by atoms with Crippen molar-refractivity contribution in [2.24, 2.45) is 5.92 Å². The van der Waals surface area contributed by atoms with E-state index in [0.717, 1.165) is 50.3 Å². The molecule has 2 N–H and O–H groups in total. The smallest absolute Gasteiger partial charge is 0.338 e. The van der Waals surface area contributed by atoms with Gasteiger partial charge in [0.05, 0.1) is 16.6 Å². The normalized spacial score (nSPS) is 17.9. The van der Waals surface area contributed by atoms with Gasteiger partial charge in [0.15, 0.2) is 0 Å². The summed E-state index contributed by atoms with van der Waals surface area (Å²) in [5.41, 5.74) is 1.72. The Kier molecular flexibility index (Phi) is 11.3. The van der Waals surface area contributed by atoms with Crippen molar-refractivity contribution in [3.63, 3.8) is 0 Å². The molecule has 1 amide bonds. The van der Waals surface area contributed by atoms with Crippen molar-refractivity contribution in [1.29, 1.82) is 0 Å². The van der Waals surface area contributed by atoms with Crippen molar-refractivity contribution in [3.8, 4) is 0 Å². The third-order valence-corrected chi connectivity index (χ3v) is 8.58. The van der Waals surface area contributed by atoms with E-state index in [1.165, 1.54) is 37.7 Å². The number of amides is 1. The van der Waals surface area contributed by atoms with E-state index in [0.29, 0.717) is 23.1 Å². The fourth-order valence-electron chi connectivity index (χ4n) is 5.86. The fourth-order valence-corrected chi connectivity index (χ4v) is 6.21. The average Bonchev–Trinajstić information content (AvgIpc) is 2.96. The lowest BCUT2D eigenvalue weighted by Gasteiger charge is -2.34. The number of likely N-dealkylation sites (tertiary alicyclic amines) is 1. The number of esters is 1. The molecule has 6 nitrogen and oxygen atoms in total. The Bertz CT molecular complexity index is 1130. The summed E-state index contributed by atoms with van der Waals surface area (Å²) < 4.78 is 5.45. The first kappa shape index (κ1) is 31.2. The number of carbonyl (C=O) groups is 2. The largest absolute Gasteiger partial charge is 0.456 e. The number of rotatable bonds is 10. The number of benzene rings is 2. The van der Waals surface area contributed by atoms with Crippen LogP contribution < -0.4 is 10.6 Å². The SMILES string of the molecule is CC(C)(C)OC(=O)c1ccc(C(=O)N[C@H](CCC2CCCCC2)C(=S)NC2CCN(Cc3ccccc3)CC2)cc1. The number of hydrogen-bond donors (Lipinski definition) is 2. The Morgan fingerprint density at radius 1 is 0.927 bits per heavy atom. The van der Waals surface area contributed by atoms with Crippen LogP contribution in [0.3, 0.4) is 0 Å². The van der Waals surface area contributed by atoms with E-state index in [1.807, 2.05) is 20.8 Å². The maximum atomic E-state index is 13.3. The number of nitrogens with one attached hydrogen (secondary N) is 2. The van der Waals surface area contributed by atoms with Gasteiger partial charge in [-0.15, -0.1) is 0 Å². The topological polar surface area (TPSA) is 70.7 Å². The van der Waals surface area contributed by atoms with Gasteiger partial charge in [-0.05, 0) is 82.2 Å².